The minimum atomic E-state index is 0.901. The molecule has 0 aromatic heterocycles. The Morgan fingerprint density at radius 3 is 1.21 bits per heavy atom. The summed E-state index contributed by atoms with van der Waals surface area (Å²) < 4.78 is 0. The molecule has 1 saturated carbocycles. The molecule has 2 atom stereocenters. The summed E-state index contributed by atoms with van der Waals surface area (Å²) in [5, 5.41) is 0. The molecular formula is C14H30. The minimum absolute atomic E-state index is 0.901. The van der Waals surface area contributed by atoms with Gasteiger partial charge in [0, 0.05) is 0 Å². The second-order valence-electron chi connectivity index (χ2n) is 5.10. The highest BCUT2D eigenvalue weighted by Gasteiger charge is 2.29. The molecule has 0 bridgehead atoms. The maximum atomic E-state index is 2.39. The van der Waals surface area contributed by atoms with Crippen molar-refractivity contribution in [1.82, 2.24) is 0 Å². The number of hydrogen-bond acceptors (Lipinski definition) is 0. The molecule has 14 heavy (non-hydrogen) atoms. The second kappa shape index (κ2) is 7.31. The van der Waals surface area contributed by atoms with Gasteiger partial charge in [-0.1, -0.05) is 54.4 Å². The molecule has 0 heterocycles. The highest BCUT2D eigenvalue weighted by Crippen LogP contribution is 2.38. The molecule has 0 aliphatic heterocycles. The van der Waals surface area contributed by atoms with Crippen LogP contribution in [0.5, 0.6) is 0 Å². The molecule has 1 aliphatic rings. The third kappa shape index (κ3) is 4.02. The molecule has 86 valence electrons. The van der Waals surface area contributed by atoms with Gasteiger partial charge in [-0.15, -0.1) is 0 Å². The fraction of sp³-hybridized carbons (Fsp3) is 1.00. The first-order valence-electron chi connectivity index (χ1n) is 6.63. The fourth-order valence-corrected chi connectivity index (χ4v) is 2.84. The van der Waals surface area contributed by atoms with E-state index in [-0.39, 0.29) is 0 Å². The Kier molecular flexibility index (Phi) is 7.31. The largest absolute Gasteiger partial charge is 0.0683 e. The fourth-order valence-electron chi connectivity index (χ4n) is 2.84. The lowest BCUT2D eigenvalue weighted by Gasteiger charge is -2.37. The Morgan fingerprint density at radius 2 is 1.00 bits per heavy atom. The summed E-state index contributed by atoms with van der Waals surface area (Å²) in [6.07, 6.45) is 5.93. The van der Waals surface area contributed by atoms with E-state index in [1.807, 2.05) is 13.8 Å². The second-order valence-corrected chi connectivity index (χ2v) is 5.10. The standard InChI is InChI=1S/C12H24.C2H6/c1-9(2)11-7-5-6-8-12(11)10(3)4;1-2/h9-12H,5-8H2,1-4H3;1-2H3/t11-,12-;/m1./s1. The molecule has 1 fully saturated rings. The normalized spacial score (nSPS) is 27.4. The Balaban J connectivity index is 0.000000791. The highest BCUT2D eigenvalue weighted by atomic mass is 14.3. The van der Waals surface area contributed by atoms with Crippen LogP contribution in [0.2, 0.25) is 0 Å². The topological polar surface area (TPSA) is 0 Å². The maximum absolute atomic E-state index is 2.39. The van der Waals surface area contributed by atoms with Gasteiger partial charge >= 0.3 is 0 Å². The summed E-state index contributed by atoms with van der Waals surface area (Å²) in [5.41, 5.74) is 0. The van der Waals surface area contributed by atoms with Gasteiger partial charge in [0.15, 0.2) is 0 Å². The van der Waals surface area contributed by atoms with Crippen molar-refractivity contribution < 1.29 is 0 Å². The van der Waals surface area contributed by atoms with Gasteiger partial charge in [-0.05, 0) is 36.5 Å². The molecule has 0 spiro atoms. The monoisotopic (exact) mass is 198 g/mol. The van der Waals surface area contributed by atoms with E-state index in [9.17, 15) is 0 Å². The summed E-state index contributed by atoms with van der Waals surface area (Å²) in [4.78, 5) is 0. The van der Waals surface area contributed by atoms with Crippen LogP contribution in [0.1, 0.15) is 67.2 Å². The van der Waals surface area contributed by atoms with Gasteiger partial charge in [0.1, 0.15) is 0 Å². The van der Waals surface area contributed by atoms with Crippen molar-refractivity contribution in [1.29, 1.82) is 0 Å². The van der Waals surface area contributed by atoms with Crippen LogP contribution in [-0.2, 0) is 0 Å². The summed E-state index contributed by atoms with van der Waals surface area (Å²) in [7, 11) is 0. The van der Waals surface area contributed by atoms with Gasteiger partial charge in [0.05, 0.1) is 0 Å². The molecule has 0 aromatic carbocycles. The SMILES string of the molecule is CC.CC(C)[C@H]1CCCC[C@@H]1C(C)C. The van der Waals surface area contributed by atoms with Gasteiger partial charge in [0.25, 0.3) is 0 Å². The van der Waals surface area contributed by atoms with Crippen molar-refractivity contribution in [2.75, 3.05) is 0 Å². The third-order valence-electron chi connectivity index (χ3n) is 3.59. The molecule has 0 heteroatoms. The van der Waals surface area contributed by atoms with E-state index in [0.29, 0.717) is 0 Å². The molecule has 0 radical (unpaired) electrons. The molecule has 0 aromatic rings. The molecule has 1 rings (SSSR count). The Labute approximate surface area is 91.5 Å². The predicted molar refractivity (Wildman–Crippen MR) is 66.5 cm³/mol. The van der Waals surface area contributed by atoms with Crippen LogP contribution >= 0.6 is 0 Å². The van der Waals surface area contributed by atoms with E-state index >= 15 is 0 Å². The smallest absolute Gasteiger partial charge is 0.0360 e. The molecular weight excluding hydrogens is 168 g/mol. The van der Waals surface area contributed by atoms with Gasteiger partial charge < -0.3 is 0 Å². The van der Waals surface area contributed by atoms with Crippen LogP contribution in [0, 0.1) is 23.7 Å². The molecule has 0 unspecified atom stereocenters. The average molecular weight is 198 g/mol. The van der Waals surface area contributed by atoms with E-state index < -0.39 is 0 Å². The van der Waals surface area contributed by atoms with E-state index in [1.165, 1.54) is 25.7 Å². The van der Waals surface area contributed by atoms with Crippen molar-refractivity contribution in [2.45, 2.75) is 67.2 Å². The van der Waals surface area contributed by atoms with Crippen LogP contribution in [0.15, 0.2) is 0 Å². The lowest BCUT2D eigenvalue weighted by Crippen LogP contribution is -2.27. The first-order chi connectivity index (χ1) is 6.63. The van der Waals surface area contributed by atoms with Crippen molar-refractivity contribution in [2.24, 2.45) is 23.7 Å². The van der Waals surface area contributed by atoms with Crippen LogP contribution in [-0.4, -0.2) is 0 Å². The Hall–Kier alpha value is 0. The van der Waals surface area contributed by atoms with Crippen LogP contribution in [0.4, 0.5) is 0 Å². The van der Waals surface area contributed by atoms with Crippen LogP contribution in [0.3, 0.4) is 0 Å². The van der Waals surface area contributed by atoms with E-state index in [4.69, 9.17) is 0 Å². The number of rotatable bonds is 2. The first-order valence-corrected chi connectivity index (χ1v) is 6.63. The maximum Gasteiger partial charge on any atom is -0.0360 e. The van der Waals surface area contributed by atoms with E-state index in [0.717, 1.165) is 23.7 Å². The predicted octanol–water partition coefficient (Wildman–Crippen LogP) is 5.13. The molecule has 0 N–H and O–H groups in total. The molecule has 0 amide bonds. The molecule has 0 saturated heterocycles. The third-order valence-corrected chi connectivity index (χ3v) is 3.59. The van der Waals surface area contributed by atoms with Crippen LogP contribution in [0.25, 0.3) is 0 Å². The highest BCUT2D eigenvalue weighted by molar-refractivity contribution is 4.79. The first kappa shape index (κ1) is 14.0. The van der Waals surface area contributed by atoms with Crippen molar-refractivity contribution >= 4 is 0 Å². The van der Waals surface area contributed by atoms with Gasteiger partial charge in [0.2, 0.25) is 0 Å². The molecule has 1 aliphatic carbocycles. The van der Waals surface area contributed by atoms with Gasteiger partial charge in [-0.25, -0.2) is 0 Å². The summed E-state index contributed by atoms with van der Waals surface area (Å²) in [6, 6.07) is 0. The van der Waals surface area contributed by atoms with E-state index in [1.54, 1.807) is 0 Å². The van der Waals surface area contributed by atoms with E-state index in [2.05, 4.69) is 27.7 Å². The quantitative estimate of drug-likeness (QED) is 0.577. The van der Waals surface area contributed by atoms with Crippen molar-refractivity contribution in [3.05, 3.63) is 0 Å². The Bertz CT molecular complexity index is 108. The minimum Gasteiger partial charge on any atom is -0.0683 e. The zero-order valence-electron chi connectivity index (χ0n) is 11.1. The summed E-state index contributed by atoms with van der Waals surface area (Å²) >= 11 is 0. The van der Waals surface area contributed by atoms with Crippen LogP contribution < -0.4 is 0 Å². The van der Waals surface area contributed by atoms with Crippen molar-refractivity contribution in [3.8, 4) is 0 Å². The van der Waals surface area contributed by atoms with Gasteiger partial charge in [-0.3, -0.25) is 0 Å². The van der Waals surface area contributed by atoms with Gasteiger partial charge in [-0.2, -0.15) is 0 Å². The average Bonchev–Trinajstić information content (AvgIpc) is 2.20. The zero-order chi connectivity index (χ0) is 11.1. The molecule has 0 nitrogen and oxygen atoms in total. The lowest BCUT2D eigenvalue weighted by molar-refractivity contribution is 0.136. The van der Waals surface area contributed by atoms with Crippen molar-refractivity contribution in [3.63, 3.8) is 0 Å². The number of hydrogen-bond donors (Lipinski definition) is 0. The zero-order valence-corrected chi connectivity index (χ0v) is 11.1. The Morgan fingerprint density at radius 1 is 0.714 bits per heavy atom. The summed E-state index contributed by atoms with van der Waals surface area (Å²) in [6.45, 7) is 13.6. The summed E-state index contributed by atoms with van der Waals surface area (Å²) in [5.74, 6) is 3.83. The lowest BCUT2D eigenvalue weighted by atomic mass is 9.69.